The summed E-state index contributed by atoms with van der Waals surface area (Å²) in [4.78, 5) is 20.7. The third-order valence-electron chi connectivity index (χ3n) is 5.62. The Balaban J connectivity index is 2.22. The average molecular weight is 380 g/mol. The lowest BCUT2D eigenvalue weighted by molar-refractivity contribution is -0.240. The van der Waals surface area contributed by atoms with Gasteiger partial charge in [0.15, 0.2) is 11.3 Å². The summed E-state index contributed by atoms with van der Waals surface area (Å²) in [5.41, 5.74) is 4.88. The number of carbonyl (C=O) groups is 1. The zero-order valence-electron chi connectivity index (χ0n) is 16.7. The molecule has 146 valence electrons. The predicted octanol–water partition coefficient (Wildman–Crippen LogP) is 3.19. The van der Waals surface area contributed by atoms with E-state index in [2.05, 4.69) is 43.7 Å². The quantitative estimate of drug-likeness (QED) is 0.853. The summed E-state index contributed by atoms with van der Waals surface area (Å²) < 4.78 is 11.9. The van der Waals surface area contributed by atoms with Crippen molar-refractivity contribution in [2.75, 3.05) is 7.11 Å². The molecule has 7 heteroatoms. The molecule has 0 spiro atoms. The summed E-state index contributed by atoms with van der Waals surface area (Å²) in [5.74, 6) is 0.277. The number of hydrogen-bond donors (Lipinski definition) is 1. The molecule has 1 aromatic heterocycles. The van der Waals surface area contributed by atoms with Gasteiger partial charge in [-0.05, 0) is 18.6 Å². The van der Waals surface area contributed by atoms with Crippen molar-refractivity contribution in [2.24, 2.45) is 16.6 Å². The van der Waals surface area contributed by atoms with E-state index in [1.54, 1.807) is 18.2 Å². The van der Waals surface area contributed by atoms with E-state index in [1.165, 1.54) is 19.5 Å². The zero-order valence-corrected chi connectivity index (χ0v) is 16.7. The van der Waals surface area contributed by atoms with E-state index in [4.69, 9.17) is 15.2 Å². The number of rotatable bonds is 5. The van der Waals surface area contributed by atoms with Gasteiger partial charge in [0.2, 0.25) is 0 Å². The highest BCUT2D eigenvalue weighted by Gasteiger charge is 2.70. The molecule has 0 unspecified atom stereocenters. The Kier molecular flexibility index (Phi) is 4.54. The molecule has 0 radical (unpaired) electrons. The highest BCUT2D eigenvalue weighted by Crippen LogP contribution is 2.68. The standard InChI is InChI=1S/C21H24N4O3/c1-19(2)12-20(3,4)21(19,17-16(18(23)26)24-8-9-25-17)28-14-7-6-13(11-22)15(10-14)27-5/h6-10H,12H2,1-5H3,(H2,23,26). The summed E-state index contributed by atoms with van der Waals surface area (Å²) >= 11 is 0. The van der Waals surface area contributed by atoms with Crippen molar-refractivity contribution >= 4 is 5.91 Å². The zero-order chi connectivity index (χ0) is 20.7. The summed E-state index contributed by atoms with van der Waals surface area (Å²) in [6, 6.07) is 7.12. The van der Waals surface area contributed by atoms with E-state index in [0.717, 1.165) is 6.42 Å². The van der Waals surface area contributed by atoms with E-state index in [-0.39, 0.29) is 16.5 Å². The Morgan fingerprint density at radius 3 is 2.36 bits per heavy atom. The third kappa shape index (κ3) is 2.68. The van der Waals surface area contributed by atoms with Crippen LogP contribution in [0.15, 0.2) is 30.6 Å². The summed E-state index contributed by atoms with van der Waals surface area (Å²) in [7, 11) is 1.50. The number of primary amides is 1. The minimum absolute atomic E-state index is 0.101. The Morgan fingerprint density at radius 2 is 1.82 bits per heavy atom. The van der Waals surface area contributed by atoms with Gasteiger partial charge in [0.05, 0.1) is 12.7 Å². The lowest BCUT2D eigenvalue weighted by Gasteiger charge is -2.65. The molecular weight excluding hydrogens is 356 g/mol. The van der Waals surface area contributed by atoms with Crippen LogP contribution in [0, 0.1) is 22.2 Å². The Hall–Kier alpha value is -3.14. The number of hydrogen-bond acceptors (Lipinski definition) is 6. The number of benzene rings is 1. The minimum Gasteiger partial charge on any atom is -0.495 e. The van der Waals surface area contributed by atoms with Crippen LogP contribution >= 0.6 is 0 Å². The van der Waals surface area contributed by atoms with Crippen molar-refractivity contribution in [2.45, 2.75) is 39.7 Å². The van der Waals surface area contributed by atoms with E-state index in [1.807, 2.05) is 0 Å². The van der Waals surface area contributed by atoms with Crippen LogP contribution in [0.25, 0.3) is 0 Å². The molecule has 28 heavy (non-hydrogen) atoms. The summed E-state index contributed by atoms with van der Waals surface area (Å²) in [5, 5.41) is 9.23. The second kappa shape index (κ2) is 6.48. The number of ether oxygens (including phenoxy) is 2. The molecule has 0 saturated heterocycles. The highest BCUT2D eigenvalue weighted by molar-refractivity contribution is 5.92. The van der Waals surface area contributed by atoms with Crippen LogP contribution in [0.5, 0.6) is 11.5 Å². The lowest BCUT2D eigenvalue weighted by atomic mass is 9.43. The Labute approximate surface area is 164 Å². The Bertz CT molecular complexity index is 962. The summed E-state index contributed by atoms with van der Waals surface area (Å²) in [6.07, 6.45) is 3.83. The fourth-order valence-corrected chi connectivity index (χ4v) is 4.91. The van der Waals surface area contributed by atoms with E-state index < -0.39 is 11.5 Å². The molecule has 7 nitrogen and oxygen atoms in total. The van der Waals surface area contributed by atoms with Gasteiger partial charge in [0.25, 0.3) is 5.91 Å². The monoisotopic (exact) mass is 380 g/mol. The van der Waals surface area contributed by atoms with Crippen molar-refractivity contribution in [3.63, 3.8) is 0 Å². The molecule has 1 heterocycles. The molecule has 1 aliphatic carbocycles. The first-order valence-corrected chi connectivity index (χ1v) is 8.98. The fourth-order valence-electron chi connectivity index (χ4n) is 4.91. The molecule has 1 fully saturated rings. The van der Waals surface area contributed by atoms with Gasteiger partial charge < -0.3 is 15.2 Å². The van der Waals surface area contributed by atoms with Gasteiger partial charge in [-0.2, -0.15) is 5.26 Å². The fraction of sp³-hybridized carbons (Fsp3) is 0.429. The van der Waals surface area contributed by atoms with Gasteiger partial charge in [0.1, 0.15) is 23.3 Å². The smallest absolute Gasteiger partial charge is 0.269 e. The number of nitrogens with two attached hydrogens (primary N) is 1. The number of amides is 1. The largest absolute Gasteiger partial charge is 0.495 e. The first-order valence-electron chi connectivity index (χ1n) is 8.98. The maximum absolute atomic E-state index is 12.1. The molecule has 1 aromatic carbocycles. The van der Waals surface area contributed by atoms with Crippen molar-refractivity contribution in [3.05, 3.63) is 47.5 Å². The molecular formula is C21H24N4O3. The second-order valence-electron chi connectivity index (χ2n) is 8.32. The van der Waals surface area contributed by atoms with Gasteiger partial charge in [-0.1, -0.05) is 27.7 Å². The maximum atomic E-state index is 12.1. The molecule has 1 amide bonds. The van der Waals surface area contributed by atoms with Crippen LogP contribution in [0.1, 0.15) is 55.9 Å². The van der Waals surface area contributed by atoms with Crippen molar-refractivity contribution in [1.82, 2.24) is 9.97 Å². The molecule has 2 N–H and O–H groups in total. The maximum Gasteiger partial charge on any atom is 0.269 e. The third-order valence-corrected chi connectivity index (χ3v) is 5.62. The van der Waals surface area contributed by atoms with E-state index in [9.17, 15) is 10.1 Å². The molecule has 1 saturated carbocycles. The lowest BCUT2D eigenvalue weighted by Crippen LogP contribution is -2.68. The number of nitriles is 1. The Morgan fingerprint density at radius 1 is 1.18 bits per heavy atom. The van der Waals surface area contributed by atoms with E-state index >= 15 is 0 Å². The van der Waals surface area contributed by atoms with Crippen LogP contribution in [0.4, 0.5) is 0 Å². The van der Waals surface area contributed by atoms with Crippen LogP contribution in [0.2, 0.25) is 0 Å². The van der Waals surface area contributed by atoms with Crippen LogP contribution in [-0.4, -0.2) is 23.0 Å². The van der Waals surface area contributed by atoms with Gasteiger partial charge in [0, 0.05) is 29.3 Å². The van der Waals surface area contributed by atoms with Gasteiger partial charge >= 0.3 is 0 Å². The minimum atomic E-state index is -0.947. The highest BCUT2D eigenvalue weighted by atomic mass is 16.5. The molecule has 0 bridgehead atoms. The van der Waals surface area contributed by atoms with Gasteiger partial charge in [-0.3, -0.25) is 9.78 Å². The average Bonchev–Trinajstić information content (AvgIpc) is 2.64. The van der Waals surface area contributed by atoms with Gasteiger partial charge in [-0.25, -0.2) is 4.98 Å². The van der Waals surface area contributed by atoms with Gasteiger partial charge in [-0.15, -0.1) is 0 Å². The first kappa shape index (κ1) is 19.6. The number of methoxy groups -OCH3 is 1. The topological polar surface area (TPSA) is 111 Å². The number of nitrogens with zero attached hydrogens (tertiary/aromatic N) is 3. The molecule has 3 rings (SSSR count). The van der Waals surface area contributed by atoms with Crippen LogP contribution in [-0.2, 0) is 5.60 Å². The SMILES string of the molecule is COc1cc(OC2(c3nccnc3C(N)=O)C(C)(C)CC2(C)C)ccc1C#N. The van der Waals surface area contributed by atoms with E-state index in [0.29, 0.717) is 22.8 Å². The molecule has 0 aliphatic heterocycles. The first-order chi connectivity index (χ1) is 13.1. The van der Waals surface area contributed by atoms with Crippen molar-refractivity contribution in [3.8, 4) is 17.6 Å². The predicted molar refractivity (Wildman–Crippen MR) is 103 cm³/mol. The van der Waals surface area contributed by atoms with Crippen molar-refractivity contribution in [1.29, 1.82) is 5.26 Å². The second-order valence-corrected chi connectivity index (χ2v) is 8.32. The molecule has 0 atom stereocenters. The number of aromatic nitrogens is 2. The summed E-state index contributed by atoms with van der Waals surface area (Å²) in [6.45, 7) is 8.27. The van der Waals surface area contributed by atoms with Crippen LogP contribution in [0.3, 0.4) is 0 Å². The van der Waals surface area contributed by atoms with Crippen molar-refractivity contribution < 1.29 is 14.3 Å². The number of carbonyl (C=O) groups excluding carboxylic acids is 1. The molecule has 2 aromatic rings. The normalized spacial score (nSPS) is 18.4. The molecule has 1 aliphatic rings. The van der Waals surface area contributed by atoms with Crippen LogP contribution < -0.4 is 15.2 Å².